The molecule has 27 heavy (non-hydrogen) atoms. The Bertz CT molecular complexity index is 891. The van der Waals surface area contributed by atoms with Gasteiger partial charge < -0.3 is 15.2 Å². The number of carbonyl (C=O) groups excluding carboxylic acids is 3. The molecule has 3 rings (SSSR count). The molecule has 0 radical (unpaired) electrons. The number of aromatic nitrogens is 1. The van der Waals surface area contributed by atoms with Crippen molar-refractivity contribution in [2.45, 2.75) is 19.4 Å². The van der Waals surface area contributed by atoms with E-state index in [1.54, 1.807) is 12.3 Å². The Morgan fingerprint density at radius 3 is 2.37 bits per heavy atom. The summed E-state index contributed by atoms with van der Waals surface area (Å²) in [4.78, 5) is 48.7. The van der Waals surface area contributed by atoms with Gasteiger partial charge in [-0.05, 0) is 17.7 Å². The molecule has 1 aromatic heterocycles. The van der Waals surface area contributed by atoms with E-state index in [0.717, 1.165) is 10.5 Å². The summed E-state index contributed by atoms with van der Waals surface area (Å²) in [6.45, 7) is 0.641. The Labute approximate surface area is 155 Å². The van der Waals surface area contributed by atoms with E-state index in [1.165, 1.54) is 10.6 Å². The Morgan fingerprint density at radius 1 is 0.963 bits per heavy atom. The largest absolute Gasteiger partial charge is 0.336 e. The van der Waals surface area contributed by atoms with Crippen LogP contribution in [0.3, 0.4) is 0 Å². The molecule has 1 fully saturated rings. The number of carbonyl (C=O) groups is 3. The molecule has 0 aliphatic carbocycles. The molecule has 0 atom stereocenters. The predicted molar refractivity (Wildman–Crippen MR) is 99.2 cm³/mol. The minimum absolute atomic E-state index is 0.119. The Morgan fingerprint density at radius 2 is 1.67 bits per heavy atom. The molecule has 1 aliphatic heterocycles. The molecule has 1 aromatic carbocycles. The standard InChI is InChI=1S/C19H20N4O4/c24-16-8-9-17(25)23(16)12-10-20-19(27)21-15-7-4-11-22(18(15)26)13-14-5-2-1-3-6-14/h1-7,11H,8-10,12-13H2,(H2,20,21,27). The zero-order valence-corrected chi connectivity index (χ0v) is 14.7. The summed E-state index contributed by atoms with van der Waals surface area (Å²) in [6, 6.07) is 12.2. The summed E-state index contributed by atoms with van der Waals surface area (Å²) in [5.41, 5.74) is 0.807. The normalized spacial score (nSPS) is 13.7. The second-order valence-corrected chi connectivity index (χ2v) is 6.16. The van der Waals surface area contributed by atoms with Gasteiger partial charge in [0.2, 0.25) is 11.8 Å². The van der Waals surface area contributed by atoms with Crippen molar-refractivity contribution in [1.29, 1.82) is 0 Å². The van der Waals surface area contributed by atoms with Crippen molar-refractivity contribution in [2.75, 3.05) is 18.4 Å². The van der Waals surface area contributed by atoms with Crippen molar-refractivity contribution in [1.82, 2.24) is 14.8 Å². The van der Waals surface area contributed by atoms with E-state index in [0.29, 0.717) is 6.54 Å². The molecular formula is C19H20N4O4. The number of pyridine rings is 1. The van der Waals surface area contributed by atoms with E-state index in [4.69, 9.17) is 0 Å². The van der Waals surface area contributed by atoms with Gasteiger partial charge in [-0.3, -0.25) is 19.3 Å². The third-order valence-corrected chi connectivity index (χ3v) is 4.24. The Balaban J connectivity index is 1.56. The fourth-order valence-electron chi connectivity index (χ4n) is 2.86. The lowest BCUT2D eigenvalue weighted by molar-refractivity contribution is -0.138. The average molecular weight is 368 g/mol. The van der Waals surface area contributed by atoms with Crippen LogP contribution in [0.15, 0.2) is 53.5 Å². The van der Waals surface area contributed by atoms with E-state index < -0.39 is 6.03 Å². The number of amides is 4. The molecule has 0 bridgehead atoms. The van der Waals surface area contributed by atoms with Crippen LogP contribution in [0.1, 0.15) is 18.4 Å². The fourth-order valence-corrected chi connectivity index (χ4v) is 2.86. The summed E-state index contributed by atoms with van der Waals surface area (Å²) in [5, 5.41) is 5.06. The molecule has 4 amide bonds. The van der Waals surface area contributed by atoms with Gasteiger partial charge in [0.25, 0.3) is 5.56 Å². The predicted octanol–water partition coefficient (Wildman–Crippen LogP) is 1.17. The smallest absolute Gasteiger partial charge is 0.319 e. The topological polar surface area (TPSA) is 101 Å². The van der Waals surface area contributed by atoms with Gasteiger partial charge in [0.1, 0.15) is 5.69 Å². The maximum absolute atomic E-state index is 12.5. The van der Waals surface area contributed by atoms with Gasteiger partial charge in [0, 0.05) is 32.1 Å². The van der Waals surface area contributed by atoms with Crippen molar-refractivity contribution < 1.29 is 14.4 Å². The van der Waals surface area contributed by atoms with Gasteiger partial charge in [-0.25, -0.2) is 4.79 Å². The first-order chi connectivity index (χ1) is 13.0. The molecule has 140 valence electrons. The van der Waals surface area contributed by atoms with Gasteiger partial charge in [-0.15, -0.1) is 0 Å². The number of nitrogens with zero attached hydrogens (tertiary/aromatic N) is 2. The molecule has 1 aliphatic rings. The van der Waals surface area contributed by atoms with Gasteiger partial charge in [0.05, 0.1) is 6.54 Å². The van der Waals surface area contributed by atoms with Gasteiger partial charge in [0.15, 0.2) is 0 Å². The summed E-state index contributed by atoms with van der Waals surface area (Å²) in [5.74, 6) is -0.455. The quantitative estimate of drug-likeness (QED) is 0.748. The molecular weight excluding hydrogens is 348 g/mol. The Kier molecular flexibility index (Phi) is 5.65. The SMILES string of the molecule is O=C(NCCN1C(=O)CCC1=O)Nc1cccn(Cc2ccccc2)c1=O. The highest BCUT2D eigenvalue weighted by Gasteiger charge is 2.28. The molecule has 8 nitrogen and oxygen atoms in total. The number of nitrogens with one attached hydrogen (secondary N) is 2. The van der Waals surface area contributed by atoms with E-state index in [2.05, 4.69) is 10.6 Å². The van der Waals surface area contributed by atoms with Crippen molar-refractivity contribution >= 4 is 23.5 Å². The number of hydrogen-bond donors (Lipinski definition) is 2. The number of benzene rings is 1. The molecule has 0 unspecified atom stereocenters. The first-order valence-corrected chi connectivity index (χ1v) is 8.66. The van der Waals surface area contributed by atoms with Crippen molar-refractivity contribution in [2.24, 2.45) is 0 Å². The number of urea groups is 1. The maximum atomic E-state index is 12.5. The molecule has 2 heterocycles. The fraction of sp³-hybridized carbons (Fsp3) is 0.263. The van der Waals surface area contributed by atoms with Crippen molar-refractivity contribution in [3.05, 3.63) is 64.6 Å². The van der Waals surface area contributed by atoms with Gasteiger partial charge >= 0.3 is 6.03 Å². The van der Waals surface area contributed by atoms with Crippen LogP contribution in [0.25, 0.3) is 0 Å². The zero-order chi connectivity index (χ0) is 19.2. The van der Waals surface area contributed by atoms with Crippen molar-refractivity contribution in [3.63, 3.8) is 0 Å². The second-order valence-electron chi connectivity index (χ2n) is 6.16. The van der Waals surface area contributed by atoms with E-state index >= 15 is 0 Å². The van der Waals surface area contributed by atoms with Crippen LogP contribution >= 0.6 is 0 Å². The lowest BCUT2D eigenvalue weighted by Crippen LogP contribution is -2.40. The second kappa shape index (κ2) is 8.31. The summed E-state index contributed by atoms with van der Waals surface area (Å²) >= 11 is 0. The number of rotatable bonds is 6. The molecule has 8 heteroatoms. The van der Waals surface area contributed by atoms with Crippen LogP contribution in [0.2, 0.25) is 0 Å². The first-order valence-electron chi connectivity index (χ1n) is 8.66. The van der Waals surface area contributed by atoms with Crippen LogP contribution < -0.4 is 16.2 Å². The third kappa shape index (κ3) is 4.60. The number of hydrogen-bond acceptors (Lipinski definition) is 4. The summed E-state index contributed by atoms with van der Waals surface area (Å²) < 4.78 is 1.51. The number of anilines is 1. The highest BCUT2D eigenvalue weighted by atomic mass is 16.2. The highest BCUT2D eigenvalue weighted by molar-refractivity contribution is 6.02. The van der Waals surface area contributed by atoms with E-state index in [-0.39, 0.29) is 49.0 Å². The molecule has 2 aromatic rings. The molecule has 2 N–H and O–H groups in total. The van der Waals surface area contributed by atoms with Crippen LogP contribution in [0.5, 0.6) is 0 Å². The summed E-state index contributed by atoms with van der Waals surface area (Å²) in [7, 11) is 0. The Hall–Kier alpha value is -3.42. The van der Waals surface area contributed by atoms with Crippen LogP contribution in [0.4, 0.5) is 10.5 Å². The van der Waals surface area contributed by atoms with Gasteiger partial charge in [-0.1, -0.05) is 30.3 Å². The van der Waals surface area contributed by atoms with Crippen LogP contribution in [-0.4, -0.2) is 40.4 Å². The highest BCUT2D eigenvalue weighted by Crippen LogP contribution is 2.10. The maximum Gasteiger partial charge on any atom is 0.319 e. The number of likely N-dealkylation sites (tertiary alicyclic amines) is 1. The lowest BCUT2D eigenvalue weighted by Gasteiger charge is -2.14. The van der Waals surface area contributed by atoms with E-state index in [1.807, 2.05) is 30.3 Å². The average Bonchev–Trinajstić information content (AvgIpc) is 2.98. The first kappa shape index (κ1) is 18.4. The minimum atomic E-state index is -0.566. The third-order valence-electron chi connectivity index (χ3n) is 4.24. The monoisotopic (exact) mass is 368 g/mol. The van der Waals surface area contributed by atoms with Crippen molar-refractivity contribution in [3.8, 4) is 0 Å². The number of imide groups is 1. The molecule has 0 saturated carbocycles. The lowest BCUT2D eigenvalue weighted by atomic mass is 10.2. The van der Waals surface area contributed by atoms with E-state index in [9.17, 15) is 19.2 Å². The van der Waals surface area contributed by atoms with Gasteiger partial charge in [-0.2, -0.15) is 0 Å². The van der Waals surface area contributed by atoms with Crippen LogP contribution in [-0.2, 0) is 16.1 Å². The minimum Gasteiger partial charge on any atom is -0.336 e. The van der Waals surface area contributed by atoms with Crippen LogP contribution in [0, 0.1) is 0 Å². The zero-order valence-electron chi connectivity index (χ0n) is 14.7. The summed E-state index contributed by atoms with van der Waals surface area (Å²) in [6.07, 6.45) is 2.09. The molecule has 1 saturated heterocycles. The molecule has 0 spiro atoms.